The van der Waals surface area contributed by atoms with Crippen LogP contribution in [-0.4, -0.2) is 67.6 Å². The largest absolute Gasteiger partial charge is 0.497 e. The molecule has 0 atom stereocenters. The number of nitrogens with zero attached hydrogens (tertiary/aromatic N) is 2. The Balaban J connectivity index is 1.38. The molecule has 1 saturated heterocycles. The van der Waals surface area contributed by atoms with Crippen molar-refractivity contribution in [1.82, 2.24) is 15.2 Å². The van der Waals surface area contributed by atoms with Crippen LogP contribution < -0.4 is 15.4 Å². The first-order valence-electron chi connectivity index (χ1n) is 11.8. The van der Waals surface area contributed by atoms with E-state index in [1.165, 1.54) is 0 Å². The van der Waals surface area contributed by atoms with E-state index in [9.17, 15) is 9.59 Å². The van der Waals surface area contributed by atoms with Gasteiger partial charge < -0.3 is 24.7 Å². The van der Waals surface area contributed by atoms with Gasteiger partial charge in [0.25, 0.3) is 0 Å². The topological polar surface area (TPSA) is 108 Å². The molecule has 1 aliphatic heterocycles. The van der Waals surface area contributed by atoms with Crippen molar-refractivity contribution < 1.29 is 19.1 Å². The summed E-state index contributed by atoms with van der Waals surface area (Å²) in [6, 6.07) is 15.5. The summed E-state index contributed by atoms with van der Waals surface area (Å²) in [4.78, 5) is 34.7. The number of anilines is 1. The number of hydrogen-bond acceptors (Lipinski definition) is 5. The van der Waals surface area contributed by atoms with Crippen LogP contribution in [0.3, 0.4) is 0 Å². The number of aromatic nitrogens is 1. The number of H-pyrrole nitrogens is 1. The van der Waals surface area contributed by atoms with E-state index in [1.54, 1.807) is 12.0 Å². The molecule has 9 heteroatoms. The first-order chi connectivity index (χ1) is 17.1. The summed E-state index contributed by atoms with van der Waals surface area (Å²) >= 11 is 0. The maximum Gasteiger partial charge on any atom is 0.227 e. The molecule has 0 aliphatic carbocycles. The molecular weight excluding hydrogens is 446 g/mol. The van der Waals surface area contributed by atoms with E-state index < -0.39 is 0 Å². The number of benzene rings is 2. The maximum atomic E-state index is 12.6. The Labute approximate surface area is 204 Å². The van der Waals surface area contributed by atoms with Crippen LogP contribution in [0.2, 0.25) is 0 Å². The van der Waals surface area contributed by atoms with Gasteiger partial charge in [-0.2, -0.15) is 0 Å². The third-order valence-corrected chi connectivity index (χ3v) is 5.87. The number of amides is 2. The zero-order chi connectivity index (χ0) is 24.5. The smallest absolute Gasteiger partial charge is 0.227 e. The number of aliphatic imine (C=N–C) groups is 1. The minimum absolute atomic E-state index is 0.0376. The summed E-state index contributed by atoms with van der Waals surface area (Å²) in [5.74, 6) is 0.778. The summed E-state index contributed by atoms with van der Waals surface area (Å²) in [6.07, 6.45) is 2.94. The predicted octanol–water partition coefficient (Wildman–Crippen LogP) is 2.94. The number of rotatable bonds is 8. The number of methoxy groups -OCH3 is 1. The molecule has 2 heterocycles. The van der Waals surface area contributed by atoms with Crippen molar-refractivity contribution in [2.24, 2.45) is 4.99 Å². The van der Waals surface area contributed by atoms with Crippen LogP contribution in [0.25, 0.3) is 10.9 Å². The molecule has 3 N–H and O–H groups in total. The minimum Gasteiger partial charge on any atom is -0.497 e. The van der Waals surface area contributed by atoms with Crippen LogP contribution in [0.15, 0.2) is 59.7 Å². The average Bonchev–Trinajstić information content (AvgIpc) is 3.31. The first kappa shape index (κ1) is 24.3. The molecule has 1 aromatic heterocycles. The quantitative estimate of drug-likeness (QED) is 0.342. The number of carbonyl (C=O) groups is 2. The van der Waals surface area contributed by atoms with E-state index in [0.717, 1.165) is 27.9 Å². The molecule has 9 nitrogen and oxygen atoms in total. The molecule has 2 amide bonds. The summed E-state index contributed by atoms with van der Waals surface area (Å²) in [5, 5.41) is 7.17. The SMILES string of the molecule is COc1ccc(NC(=NCCc2c[nH]c3ccccc23)NC(=O)CCC(=O)N2CCOCC2)cc1. The van der Waals surface area contributed by atoms with Crippen LogP contribution in [0.1, 0.15) is 18.4 Å². The van der Waals surface area contributed by atoms with Gasteiger partial charge in [-0.15, -0.1) is 0 Å². The van der Waals surface area contributed by atoms with Crippen LogP contribution in [-0.2, 0) is 20.7 Å². The third-order valence-electron chi connectivity index (χ3n) is 5.87. The number of fused-ring (bicyclic) bond motifs is 1. The fraction of sp³-hybridized carbons (Fsp3) is 0.346. The third kappa shape index (κ3) is 6.83. The number of para-hydroxylation sites is 1. The number of hydrogen-bond donors (Lipinski definition) is 3. The summed E-state index contributed by atoms with van der Waals surface area (Å²) < 4.78 is 10.5. The van der Waals surface area contributed by atoms with Crippen molar-refractivity contribution in [1.29, 1.82) is 0 Å². The molecular formula is C26H31N5O4. The van der Waals surface area contributed by atoms with Gasteiger partial charge in [-0.1, -0.05) is 18.2 Å². The van der Waals surface area contributed by atoms with E-state index in [0.29, 0.717) is 45.2 Å². The fourth-order valence-electron chi connectivity index (χ4n) is 3.93. The van der Waals surface area contributed by atoms with E-state index in [1.807, 2.05) is 48.7 Å². The molecule has 1 fully saturated rings. The second-order valence-electron chi connectivity index (χ2n) is 8.23. The number of guanidine groups is 1. The Morgan fingerprint density at radius 3 is 2.63 bits per heavy atom. The van der Waals surface area contributed by atoms with Gasteiger partial charge in [0, 0.05) is 55.3 Å². The van der Waals surface area contributed by atoms with Crippen molar-refractivity contribution in [3.63, 3.8) is 0 Å². The van der Waals surface area contributed by atoms with Gasteiger partial charge >= 0.3 is 0 Å². The highest BCUT2D eigenvalue weighted by Gasteiger charge is 2.18. The van der Waals surface area contributed by atoms with Crippen LogP contribution in [0, 0.1) is 0 Å². The van der Waals surface area contributed by atoms with Gasteiger partial charge in [-0.25, -0.2) is 0 Å². The lowest BCUT2D eigenvalue weighted by Gasteiger charge is -2.26. The van der Waals surface area contributed by atoms with Crippen LogP contribution in [0.4, 0.5) is 5.69 Å². The first-order valence-corrected chi connectivity index (χ1v) is 11.8. The average molecular weight is 478 g/mol. The van der Waals surface area contributed by atoms with Crippen molar-refractivity contribution in [2.75, 3.05) is 45.3 Å². The highest BCUT2D eigenvalue weighted by molar-refractivity contribution is 6.04. The van der Waals surface area contributed by atoms with Gasteiger partial charge in [0.2, 0.25) is 17.8 Å². The highest BCUT2D eigenvalue weighted by Crippen LogP contribution is 2.18. The summed E-state index contributed by atoms with van der Waals surface area (Å²) in [5.41, 5.74) is 3.01. The zero-order valence-corrected chi connectivity index (χ0v) is 19.9. The Kier molecular flexibility index (Phi) is 8.34. The normalized spacial score (nSPS) is 14.1. The molecule has 1 aliphatic rings. The Bertz CT molecular complexity index is 1170. The van der Waals surface area contributed by atoms with E-state index in [2.05, 4.69) is 26.7 Å². The number of aromatic amines is 1. The van der Waals surface area contributed by atoms with Crippen molar-refractivity contribution >= 4 is 34.4 Å². The lowest BCUT2D eigenvalue weighted by Crippen LogP contribution is -2.41. The number of ether oxygens (including phenoxy) is 2. The molecule has 0 bridgehead atoms. The lowest BCUT2D eigenvalue weighted by molar-refractivity contribution is -0.136. The molecule has 184 valence electrons. The molecule has 0 saturated carbocycles. The molecule has 3 aromatic rings. The van der Waals surface area contributed by atoms with E-state index in [-0.39, 0.29) is 24.7 Å². The van der Waals surface area contributed by atoms with Gasteiger partial charge in [0.1, 0.15) is 5.75 Å². The molecule has 0 unspecified atom stereocenters. The molecule has 0 spiro atoms. The standard InChI is InChI=1S/C26H31N5O4/c1-34-21-8-6-20(7-9-21)29-26(27-13-12-19-18-28-23-5-3-2-4-22(19)23)30-24(32)10-11-25(33)31-14-16-35-17-15-31/h2-9,18,28H,10-17H2,1H3,(H2,27,29,30,32). The molecule has 2 aromatic carbocycles. The maximum absolute atomic E-state index is 12.6. The van der Waals surface area contributed by atoms with Crippen molar-refractivity contribution in [3.05, 3.63) is 60.3 Å². The van der Waals surface area contributed by atoms with E-state index >= 15 is 0 Å². The number of carbonyl (C=O) groups excluding carboxylic acids is 2. The Hall–Kier alpha value is -3.85. The van der Waals surface area contributed by atoms with Gasteiger partial charge in [-0.05, 0) is 42.3 Å². The Morgan fingerprint density at radius 2 is 1.86 bits per heavy atom. The fourth-order valence-corrected chi connectivity index (χ4v) is 3.93. The van der Waals surface area contributed by atoms with Gasteiger partial charge in [0.15, 0.2) is 0 Å². The van der Waals surface area contributed by atoms with Crippen molar-refractivity contribution in [3.8, 4) is 5.75 Å². The number of nitrogens with one attached hydrogen (secondary N) is 3. The second-order valence-corrected chi connectivity index (χ2v) is 8.23. The Morgan fingerprint density at radius 1 is 1.09 bits per heavy atom. The van der Waals surface area contributed by atoms with Gasteiger partial charge in [0.05, 0.1) is 20.3 Å². The monoisotopic (exact) mass is 477 g/mol. The van der Waals surface area contributed by atoms with Gasteiger partial charge in [-0.3, -0.25) is 19.9 Å². The minimum atomic E-state index is -0.265. The summed E-state index contributed by atoms with van der Waals surface area (Å²) in [7, 11) is 1.61. The lowest BCUT2D eigenvalue weighted by atomic mass is 10.1. The second kappa shape index (κ2) is 12.0. The molecule has 0 radical (unpaired) electrons. The predicted molar refractivity (Wildman–Crippen MR) is 136 cm³/mol. The number of morpholine rings is 1. The van der Waals surface area contributed by atoms with Crippen LogP contribution >= 0.6 is 0 Å². The highest BCUT2D eigenvalue weighted by atomic mass is 16.5. The van der Waals surface area contributed by atoms with Crippen molar-refractivity contribution in [2.45, 2.75) is 19.3 Å². The molecule has 4 rings (SSSR count). The van der Waals surface area contributed by atoms with Crippen LogP contribution in [0.5, 0.6) is 5.75 Å². The van der Waals surface area contributed by atoms with E-state index in [4.69, 9.17) is 9.47 Å². The molecule has 35 heavy (non-hydrogen) atoms. The zero-order valence-electron chi connectivity index (χ0n) is 19.9. The summed E-state index contributed by atoms with van der Waals surface area (Å²) in [6.45, 7) is 2.70.